The minimum Gasteiger partial charge on any atom is -0.330 e. The molecule has 0 spiro atoms. The lowest BCUT2D eigenvalue weighted by Crippen LogP contribution is -2.03. The van der Waals surface area contributed by atoms with E-state index in [0.717, 1.165) is 29.3 Å². The van der Waals surface area contributed by atoms with Gasteiger partial charge in [-0.1, -0.05) is 0 Å². The van der Waals surface area contributed by atoms with E-state index in [2.05, 4.69) is 10.1 Å². The minimum absolute atomic E-state index is 0.257. The summed E-state index contributed by atoms with van der Waals surface area (Å²) in [5.41, 5.74) is 7.29. The van der Waals surface area contributed by atoms with Gasteiger partial charge in [-0.3, -0.25) is 4.57 Å². The second kappa shape index (κ2) is 4.47. The maximum atomic E-state index is 12.9. The summed E-state index contributed by atoms with van der Waals surface area (Å²) >= 11 is 0. The van der Waals surface area contributed by atoms with E-state index >= 15 is 0 Å². The molecule has 0 radical (unpaired) electrons. The highest BCUT2D eigenvalue weighted by Crippen LogP contribution is 2.19. The molecule has 3 rings (SSSR count). The lowest BCUT2D eigenvalue weighted by molar-refractivity contribution is 0.628. The first kappa shape index (κ1) is 11.9. The van der Waals surface area contributed by atoms with Crippen LogP contribution in [0.1, 0.15) is 5.69 Å². The molecule has 98 valence electrons. The van der Waals surface area contributed by atoms with Gasteiger partial charge in [0.15, 0.2) is 5.82 Å². The van der Waals surface area contributed by atoms with Crippen molar-refractivity contribution < 1.29 is 4.39 Å². The first-order valence-electron chi connectivity index (χ1n) is 6.06. The Morgan fingerprint density at radius 1 is 1.26 bits per heavy atom. The Hall–Kier alpha value is -2.21. The third-order valence-electron chi connectivity index (χ3n) is 3.04. The topological polar surface area (TPSA) is 61.1 Å². The summed E-state index contributed by atoms with van der Waals surface area (Å²) in [5, 5.41) is 4.47. The molecular formula is C13H14FN5. The van der Waals surface area contributed by atoms with Gasteiger partial charge in [0.1, 0.15) is 5.82 Å². The van der Waals surface area contributed by atoms with Gasteiger partial charge in [-0.2, -0.15) is 0 Å². The summed E-state index contributed by atoms with van der Waals surface area (Å²) in [6.07, 6.45) is 2.60. The van der Waals surface area contributed by atoms with Crippen LogP contribution in [0.25, 0.3) is 17.2 Å². The molecule has 0 aliphatic heterocycles. The lowest BCUT2D eigenvalue weighted by Gasteiger charge is -2.00. The van der Waals surface area contributed by atoms with E-state index in [4.69, 9.17) is 5.73 Å². The fraction of sp³-hybridized carbons (Fsp3) is 0.231. The van der Waals surface area contributed by atoms with Crippen LogP contribution in [0.3, 0.4) is 0 Å². The average molecular weight is 259 g/mol. The number of hydrogen-bond donors (Lipinski definition) is 1. The molecule has 0 unspecified atom stereocenters. The molecule has 0 bridgehead atoms. The van der Waals surface area contributed by atoms with E-state index < -0.39 is 0 Å². The van der Waals surface area contributed by atoms with Crippen molar-refractivity contribution in [3.63, 3.8) is 0 Å². The summed E-state index contributed by atoms with van der Waals surface area (Å²) in [5.74, 6) is 1.25. The summed E-state index contributed by atoms with van der Waals surface area (Å²) in [6.45, 7) is 0.564. The maximum Gasteiger partial charge on any atom is 0.232 e. The SMILES string of the molecule is Cn1c(-c2ccc(F)cc2)nn2cc(CCN)nc12. The van der Waals surface area contributed by atoms with Crippen LogP contribution in [0, 0.1) is 5.82 Å². The molecule has 0 aliphatic carbocycles. The number of aryl methyl sites for hydroxylation is 1. The second-order valence-electron chi connectivity index (χ2n) is 4.41. The van der Waals surface area contributed by atoms with Crippen molar-refractivity contribution in [2.45, 2.75) is 6.42 Å². The Morgan fingerprint density at radius 3 is 2.63 bits per heavy atom. The van der Waals surface area contributed by atoms with Crippen molar-refractivity contribution in [3.05, 3.63) is 42.0 Å². The molecule has 5 nitrogen and oxygen atoms in total. The molecule has 0 saturated heterocycles. The highest BCUT2D eigenvalue weighted by atomic mass is 19.1. The quantitative estimate of drug-likeness (QED) is 0.773. The average Bonchev–Trinajstić information content (AvgIpc) is 2.91. The molecule has 0 atom stereocenters. The molecule has 3 aromatic rings. The molecule has 2 heterocycles. The van der Waals surface area contributed by atoms with Crippen molar-refractivity contribution in [1.82, 2.24) is 19.2 Å². The van der Waals surface area contributed by atoms with Crippen LogP contribution in [0.15, 0.2) is 30.5 Å². The Bertz CT molecular complexity index is 711. The van der Waals surface area contributed by atoms with Gasteiger partial charge in [0.25, 0.3) is 0 Å². The molecule has 19 heavy (non-hydrogen) atoms. The minimum atomic E-state index is -0.257. The number of hydrogen-bond acceptors (Lipinski definition) is 3. The van der Waals surface area contributed by atoms with Crippen molar-refractivity contribution in [2.75, 3.05) is 6.54 Å². The third kappa shape index (κ3) is 2.00. The standard InChI is InChI=1S/C13H14FN5/c1-18-12(9-2-4-10(14)5-3-9)17-19-8-11(6-7-15)16-13(18)19/h2-5,8H,6-7,15H2,1H3. The van der Waals surface area contributed by atoms with E-state index in [0.29, 0.717) is 6.54 Å². The molecule has 6 heteroatoms. The van der Waals surface area contributed by atoms with Crippen LogP contribution in [-0.4, -0.2) is 25.7 Å². The highest BCUT2D eigenvalue weighted by Gasteiger charge is 2.12. The number of aromatic nitrogens is 4. The molecular weight excluding hydrogens is 245 g/mol. The monoisotopic (exact) mass is 259 g/mol. The van der Waals surface area contributed by atoms with Gasteiger partial charge in [0.05, 0.1) is 11.9 Å². The first-order valence-corrected chi connectivity index (χ1v) is 6.06. The number of halogens is 1. The van der Waals surface area contributed by atoms with Gasteiger partial charge in [0, 0.05) is 19.0 Å². The summed E-state index contributed by atoms with van der Waals surface area (Å²) in [6, 6.07) is 6.26. The smallest absolute Gasteiger partial charge is 0.232 e. The number of imidazole rings is 1. The van der Waals surface area contributed by atoms with E-state index in [9.17, 15) is 4.39 Å². The Morgan fingerprint density at radius 2 is 2.00 bits per heavy atom. The van der Waals surface area contributed by atoms with Crippen molar-refractivity contribution in [3.8, 4) is 11.4 Å². The number of nitrogens with two attached hydrogens (primary N) is 1. The van der Waals surface area contributed by atoms with Crippen LogP contribution < -0.4 is 5.73 Å². The normalized spacial score (nSPS) is 11.3. The molecule has 0 amide bonds. The molecule has 2 aromatic heterocycles. The van der Waals surface area contributed by atoms with Crippen molar-refractivity contribution in [1.29, 1.82) is 0 Å². The van der Waals surface area contributed by atoms with E-state index in [1.54, 1.807) is 16.6 Å². The van der Waals surface area contributed by atoms with E-state index in [1.807, 2.05) is 17.8 Å². The van der Waals surface area contributed by atoms with Gasteiger partial charge in [-0.05, 0) is 30.8 Å². The van der Waals surface area contributed by atoms with Gasteiger partial charge < -0.3 is 5.73 Å². The predicted molar refractivity (Wildman–Crippen MR) is 70.1 cm³/mol. The van der Waals surface area contributed by atoms with Crippen LogP contribution in [0.2, 0.25) is 0 Å². The maximum absolute atomic E-state index is 12.9. The zero-order chi connectivity index (χ0) is 13.4. The summed E-state index contributed by atoms with van der Waals surface area (Å²) in [7, 11) is 1.89. The molecule has 0 fully saturated rings. The predicted octanol–water partition coefficient (Wildman–Crippen LogP) is 1.38. The van der Waals surface area contributed by atoms with Crippen LogP contribution >= 0.6 is 0 Å². The number of benzene rings is 1. The molecule has 0 saturated carbocycles. The zero-order valence-corrected chi connectivity index (χ0v) is 10.5. The van der Waals surface area contributed by atoms with Gasteiger partial charge in [0.2, 0.25) is 5.78 Å². The molecule has 1 aromatic carbocycles. The third-order valence-corrected chi connectivity index (χ3v) is 3.04. The van der Waals surface area contributed by atoms with Gasteiger partial charge in [-0.15, -0.1) is 5.10 Å². The Labute approximate surface area is 109 Å². The number of nitrogens with zero attached hydrogens (tertiary/aromatic N) is 4. The molecule has 2 N–H and O–H groups in total. The first-order chi connectivity index (χ1) is 9.19. The van der Waals surface area contributed by atoms with Crippen molar-refractivity contribution >= 4 is 5.78 Å². The fourth-order valence-electron chi connectivity index (χ4n) is 2.09. The number of rotatable bonds is 3. The summed E-state index contributed by atoms with van der Waals surface area (Å²) < 4.78 is 16.5. The number of fused-ring (bicyclic) bond motifs is 1. The zero-order valence-electron chi connectivity index (χ0n) is 10.5. The van der Waals surface area contributed by atoms with Crippen LogP contribution in [0.4, 0.5) is 4.39 Å². The lowest BCUT2D eigenvalue weighted by atomic mass is 10.2. The molecule has 0 aliphatic rings. The fourth-order valence-corrected chi connectivity index (χ4v) is 2.09. The largest absolute Gasteiger partial charge is 0.330 e. The Balaban J connectivity index is 2.07. The summed E-state index contributed by atoms with van der Waals surface area (Å²) in [4.78, 5) is 4.48. The van der Waals surface area contributed by atoms with Crippen LogP contribution in [0.5, 0.6) is 0 Å². The second-order valence-corrected chi connectivity index (χ2v) is 4.41. The van der Waals surface area contributed by atoms with E-state index in [1.165, 1.54) is 12.1 Å². The van der Waals surface area contributed by atoms with E-state index in [-0.39, 0.29) is 5.82 Å². The highest BCUT2D eigenvalue weighted by molar-refractivity contribution is 5.58. The Kier molecular flexibility index (Phi) is 2.79. The van der Waals surface area contributed by atoms with Gasteiger partial charge in [-0.25, -0.2) is 13.9 Å². The van der Waals surface area contributed by atoms with Crippen LogP contribution in [-0.2, 0) is 13.5 Å². The van der Waals surface area contributed by atoms with Crippen molar-refractivity contribution in [2.24, 2.45) is 12.8 Å². The van der Waals surface area contributed by atoms with Gasteiger partial charge >= 0.3 is 0 Å².